The number of rotatable bonds is 4. The Kier molecular flexibility index (Phi) is 5.40. The molecule has 1 aliphatic rings. The molecule has 0 bridgehead atoms. The van der Waals surface area contributed by atoms with Crippen LogP contribution >= 0.6 is 0 Å². The van der Waals surface area contributed by atoms with Crippen molar-refractivity contribution >= 4 is 5.91 Å². The first-order valence-corrected chi connectivity index (χ1v) is 8.14. The van der Waals surface area contributed by atoms with Crippen molar-refractivity contribution in [2.24, 2.45) is 0 Å². The Labute approximate surface area is 128 Å². The van der Waals surface area contributed by atoms with E-state index in [1.54, 1.807) is 0 Å². The first-order chi connectivity index (χ1) is 10.0. The summed E-state index contributed by atoms with van der Waals surface area (Å²) in [6.45, 7) is 10.3. The van der Waals surface area contributed by atoms with Crippen molar-refractivity contribution < 1.29 is 4.79 Å². The van der Waals surface area contributed by atoms with Gasteiger partial charge in [-0.25, -0.2) is 0 Å². The third-order valence-corrected chi connectivity index (χ3v) is 4.79. The average Bonchev–Trinajstić information content (AvgIpc) is 2.50. The molecule has 1 N–H and O–H groups in total. The number of hydrogen-bond donors (Lipinski definition) is 1. The minimum atomic E-state index is 0.279. The summed E-state index contributed by atoms with van der Waals surface area (Å²) >= 11 is 0. The fourth-order valence-electron chi connectivity index (χ4n) is 2.99. The van der Waals surface area contributed by atoms with Gasteiger partial charge in [0, 0.05) is 31.6 Å². The number of carbonyl (C=O) groups excluding carboxylic acids is 1. The van der Waals surface area contributed by atoms with Crippen molar-refractivity contribution in [1.82, 2.24) is 10.2 Å². The van der Waals surface area contributed by atoms with E-state index in [1.807, 2.05) is 4.90 Å². The van der Waals surface area contributed by atoms with Gasteiger partial charge in [-0.15, -0.1) is 0 Å². The number of aryl methyl sites for hydroxylation is 1. The molecular weight excluding hydrogens is 260 g/mol. The maximum atomic E-state index is 12.6. The van der Waals surface area contributed by atoms with Crippen LogP contribution in [0.5, 0.6) is 0 Å². The van der Waals surface area contributed by atoms with Crippen molar-refractivity contribution in [3.05, 3.63) is 35.4 Å². The first-order valence-electron chi connectivity index (χ1n) is 8.14. The summed E-state index contributed by atoms with van der Waals surface area (Å²) < 4.78 is 0. The number of nitrogens with one attached hydrogen (secondary N) is 1. The van der Waals surface area contributed by atoms with E-state index in [2.05, 4.69) is 57.3 Å². The molecule has 2 rings (SSSR count). The SMILES string of the molecule is CCc1ccc(C(C)CC(=O)N2CCNC(C)C2C)cc1. The van der Waals surface area contributed by atoms with Gasteiger partial charge in [0.05, 0.1) is 0 Å². The lowest BCUT2D eigenvalue weighted by atomic mass is 9.95. The Morgan fingerprint density at radius 2 is 2.00 bits per heavy atom. The Hall–Kier alpha value is -1.35. The van der Waals surface area contributed by atoms with E-state index in [4.69, 9.17) is 0 Å². The molecule has 0 aromatic heterocycles. The van der Waals surface area contributed by atoms with E-state index in [1.165, 1.54) is 11.1 Å². The van der Waals surface area contributed by atoms with Crippen LogP contribution in [0, 0.1) is 0 Å². The predicted octanol–water partition coefficient (Wildman–Crippen LogP) is 2.95. The van der Waals surface area contributed by atoms with Crippen molar-refractivity contribution in [3.63, 3.8) is 0 Å². The molecule has 0 radical (unpaired) electrons. The van der Waals surface area contributed by atoms with Crippen LogP contribution in [-0.2, 0) is 11.2 Å². The van der Waals surface area contributed by atoms with E-state index >= 15 is 0 Å². The molecule has 3 heteroatoms. The fourth-order valence-corrected chi connectivity index (χ4v) is 2.99. The normalized spacial score (nSPS) is 23.9. The maximum absolute atomic E-state index is 12.6. The van der Waals surface area contributed by atoms with Crippen LogP contribution in [0.25, 0.3) is 0 Å². The molecule has 1 aromatic carbocycles. The highest BCUT2D eigenvalue weighted by Gasteiger charge is 2.28. The number of carbonyl (C=O) groups is 1. The van der Waals surface area contributed by atoms with Crippen LogP contribution in [0.4, 0.5) is 0 Å². The fraction of sp³-hybridized carbons (Fsp3) is 0.611. The van der Waals surface area contributed by atoms with Gasteiger partial charge in [-0.3, -0.25) is 4.79 Å². The molecular formula is C18H28N2O. The van der Waals surface area contributed by atoms with E-state index in [-0.39, 0.29) is 17.9 Å². The molecule has 1 fully saturated rings. The van der Waals surface area contributed by atoms with E-state index in [9.17, 15) is 4.79 Å². The van der Waals surface area contributed by atoms with Crippen molar-refractivity contribution in [2.75, 3.05) is 13.1 Å². The smallest absolute Gasteiger partial charge is 0.223 e. The van der Waals surface area contributed by atoms with Gasteiger partial charge in [0.25, 0.3) is 0 Å². The summed E-state index contributed by atoms with van der Waals surface area (Å²) in [6.07, 6.45) is 1.66. The summed E-state index contributed by atoms with van der Waals surface area (Å²) in [5.41, 5.74) is 2.61. The standard InChI is InChI=1S/C18H28N2O/c1-5-16-6-8-17(9-7-16)13(2)12-18(21)20-11-10-19-14(3)15(20)4/h6-9,13-15,19H,5,10-12H2,1-4H3. The van der Waals surface area contributed by atoms with Crippen LogP contribution < -0.4 is 5.32 Å². The molecule has 3 atom stereocenters. The zero-order valence-electron chi connectivity index (χ0n) is 13.7. The van der Waals surface area contributed by atoms with E-state index in [0.29, 0.717) is 12.5 Å². The van der Waals surface area contributed by atoms with Crippen LogP contribution in [0.3, 0.4) is 0 Å². The van der Waals surface area contributed by atoms with Gasteiger partial charge in [-0.05, 0) is 37.3 Å². The molecule has 1 amide bonds. The summed E-state index contributed by atoms with van der Waals surface area (Å²) in [6, 6.07) is 9.33. The Balaban J connectivity index is 1.97. The van der Waals surface area contributed by atoms with Gasteiger partial charge in [-0.2, -0.15) is 0 Å². The second kappa shape index (κ2) is 7.08. The Morgan fingerprint density at radius 3 is 2.62 bits per heavy atom. The lowest BCUT2D eigenvalue weighted by Gasteiger charge is -2.39. The highest BCUT2D eigenvalue weighted by Crippen LogP contribution is 2.22. The average molecular weight is 288 g/mol. The molecule has 0 spiro atoms. The third-order valence-electron chi connectivity index (χ3n) is 4.79. The second-order valence-corrected chi connectivity index (χ2v) is 6.27. The quantitative estimate of drug-likeness (QED) is 0.924. The van der Waals surface area contributed by atoms with Gasteiger partial charge < -0.3 is 10.2 Å². The summed E-state index contributed by atoms with van der Waals surface area (Å²) in [7, 11) is 0. The number of amides is 1. The number of benzene rings is 1. The first kappa shape index (κ1) is 16.0. The third kappa shape index (κ3) is 3.85. The highest BCUT2D eigenvalue weighted by molar-refractivity contribution is 5.77. The van der Waals surface area contributed by atoms with Crippen molar-refractivity contribution in [2.45, 2.75) is 58.5 Å². The number of piperazine rings is 1. The monoisotopic (exact) mass is 288 g/mol. The zero-order valence-corrected chi connectivity index (χ0v) is 13.7. The number of nitrogens with zero attached hydrogens (tertiary/aromatic N) is 1. The van der Waals surface area contributed by atoms with Crippen LogP contribution in [-0.4, -0.2) is 36.0 Å². The van der Waals surface area contributed by atoms with Crippen LogP contribution in [0.1, 0.15) is 51.2 Å². The lowest BCUT2D eigenvalue weighted by molar-refractivity contribution is -0.135. The van der Waals surface area contributed by atoms with Gasteiger partial charge in [0.2, 0.25) is 5.91 Å². The molecule has 116 valence electrons. The summed E-state index contributed by atoms with van der Waals surface area (Å²) in [5.74, 6) is 0.559. The van der Waals surface area contributed by atoms with Crippen LogP contribution in [0.2, 0.25) is 0 Å². The molecule has 1 heterocycles. The summed E-state index contributed by atoms with van der Waals surface area (Å²) in [4.78, 5) is 14.6. The Bertz CT molecular complexity index is 469. The van der Waals surface area contributed by atoms with E-state index < -0.39 is 0 Å². The van der Waals surface area contributed by atoms with Crippen molar-refractivity contribution in [3.8, 4) is 0 Å². The molecule has 3 nitrogen and oxygen atoms in total. The minimum absolute atomic E-state index is 0.279. The van der Waals surface area contributed by atoms with Gasteiger partial charge in [0.15, 0.2) is 0 Å². The zero-order chi connectivity index (χ0) is 15.4. The topological polar surface area (TPSA) is 32.3 Å². The summed E-state index contributed by atoms with van der Waals surface area (Å²) in [5, 5.41) is 3.42. The molecule has 1 aromatic rings. The van der Waals surface area contributed by atoms with Crippen LogP contribution in [0.15, 0.2) is 24.3 Å². The van der Waals surface area contributed by atoms with Gasteiger partial charge in [-0.1, -0.05) is 38.1 Å². The lowest BCUT2D eigenvalue weighted by Crippen LogP contribution is -2.57. The molecule has 0 aliphatic carbocycles. The minimum Gasteiger partial charge on any atom is -0.337 e. The second-order valence-electron chi connectivity index (χ2n) is 6.27. The van der Waals surface area contributed by atoms with Crippen molar-refractivity contribution in [1.29, 1.82) is 0 Å². The Morgan fingerprint density at radius 1 is 1.33 bits per heavy atom. The molecule has 1 saturated heterocycles. The van der Waals surface area contributed by atoms with Gasteiger partial charge in [0.1, 0.15) is 0 Å². The highest BCUT2D eigenvalue weighted by atomic mass is 16.2. The van der Waals surface area contributed by atoms with E-state index in [0.717, 1.165) is 19.5 Å². The largest absolute Gasteiger partial charge is 0.337 e. The predicted molar refractivity (Wildman–Crippen MR) is 87.5 cm³/mol. The number of hydrogen-bond acceptors (Lipinski definition) is 2. The molecule has 1 aliphatic heterocycles. The maximum Gasteiger partial charge on any atom is 0.223 e. The molecule has 21 heavy (non-hydrogen) atoms. The molecule has 0 saturated carbocycles. The molecule has 3 unspecified atom stereocenters. The van der Waals surface area contributed by atoms with Gasteiger partial charge >= 0.3 is 0 Å².